The highest BCUT2D eigenvalue weighted by molar-refractivity contribution is 5.91. The van der Waals surface area contributed by atoms with Crippen molar-refractivity contribution in [3.63, 3.8) is 0 Å². The first-order chi connectivity index (χ1) is 13.0. The number of nitrogens with two attached hydrogens (primary N) is 2. The number of fused-ring (bicyclic) bond motifs is 1. The fourth-order valence-electron chi connectivity index (χ4n) is 3.96. The van der Waals surface area contributed by atoms with Gasteiger partial charge < -0.3 is 16.5 Å². The van der Waals surface area contributed by atoms with Gasteiger partial charge in [-0.15, -0.1) is 0 Å². The number of nitrogens with one attached hydrogen (secondary N) is 2. The molecule has 3 rings (SSSR count). The van der Waals surface area contributed by atoms with E-state index in [1.54, 1.807) is 0 Å². The molecule has 2 aromatic carbocycles. The summed E-state index contributed by atoms with van der Waals surface area (Å²) in [5, 5.41) is 8.80. The van der Waals surface area contributed by atoms with Crippen LogP contribution in [0.25, 0.3) is 10.9 Å². The fourth-order valence-corrected chi connectivity index (χ4v) is 3.96. The van der Waals surface area contributed by atoms with E-state index >= 15 is 0 Å². The van der Waals surface area contributed by atoms with Crippen LogP contribution in [-0.4, -0.2) is 16.7 Å². The monoisotopic (exact) mass is 362 g/mol. The van der Waals surface area contributed by atoms with Gasteiger partial charge in [0.2, 0.25) is 5.91 Å². The van der Waals surface area contributed by atoms with Crippen LogP contribution in [0.4, 0.5) is 0 Å². The first-order valence-electron chi connectivity index (χ1n) is 9.19. The van der Waals surface area contributed by atoms with Crippen molar-refractivity contribution in [1.29, 1.82) is 5.41 Å². The molecule has 1 amide bonds. The number of primary amides is 1. The number of carbonyl (C=O) groups is 1. The molecule has 0 aliphatic carbocycles. The molecule has 6 N–H and O–H groups in total. The minimum atomic E-state index is -0.450. The lowest BCUT2D eigenvalue weighted by molar-refractivity contribution is -0.120. The lowest BCUT2D eigenvalue weighted by atomic mass is 9.74. The number of aromatic amines is 1. The smallest absolute Gasteiger partial charge is 0.225 e. The largest absolute Gasteiger partial charge is 0.388 e. The van der Waals surface area contributed by atoms with Crippen LogP contribution in [-0.2, 0) is 11.2 Å². The fraction of sp³-hybridized carbons (Fsp3) is 0.273. The minimum absolute atomic E-state index is 0.0380. The molecule has 1 heterocycles. The summed E-state index contributed by atoms with van der Waals surface area (Å²) in [6.45, 7) is 2.04. The minimum Gasteiger partial charge on any atom is -0.388 e. The van der Waals surface area contributed by atoms with Crippen LogP contribution in [0.3, 0.4) is 0 Å². The van der Waals surface area contributed by atoms with Crippen LogP contribution in [0.5, 0.6) is 0 Å². The van der Waals surface area contributed by atoms with Gasteiger partial charge in [-0.1, -0.05) is 55.5 Å². The Morgan fingerprint density at radius 2 is 1.74 bits per heavy atom. The third-order valence-electron chi connectivity index (χ3n) is 5.35. The Hall–Kier alpha value is -3.08. The van der Waals surface area contributed by atoms with Crippen molar-refractivity contribution >= 4 is 22.6 Å². The Kier molecular flexibility index (Phi) is 5.60. The SMILES string of the molecule is CC(C(CC(=N)N)Cc1ccccc1)C(C(N)=O)c1c[nH]c2ccccc12. The van der Waals surface area contributed by atoms with Crippen molar-refractivity contribution in [2.75, 3.05) is 0 Å². The highest BCUT2D eigenvalue weighted by Crippen LogP contribution is 2.37. The molecule has 0 spiro atoms. The number of aromatic nitrogens is 1. The lowest BCUT2D eigenvalue weighted by Crippen LogP contribution is -2.33. The van der Waals surface area contributed by atoms with Crippen molar-refractivity contribution in [2.24, 2.45) is 23.3 Å². The van der Waals surface area contributed by atoms with E-state index in [-0.39, 0.29) is 23.6 Å². The molecule has 3 aromatic rings. The van der Waals surface area contributed by atoms with Crippen molar-refractivity contribution in [1.82, 2.24) is 4.98 Å². The van der Waals surface area contributed by atoms with E-state index in [4.69, 9.17) is 16.9 Å². The summed E-state index contributed by atoms with van der Waals surface area (Å²) in [4.78, 5) is 15.7. The summed E-state index contributed by atoms with van der Waals surface area (Å²) in [6, 6.07) is 18.0. The molecule has 0 aliphatic heterocycles. The second-order valence-electron chi connectivity index (χ2n) is 7.21. The average Bonchev–Trinajstić information content (AvgIpc) is 3.05. The maximum Gasteiger partial charge on any atom is 0.225 e. The van der Waals surface area contributed by atoms with Crippen molar-refractivity contribution in [3.05, 3.63) is 71.9 Å². The Morgan fingerprint density at radius 3 is 2.41 bits per heavy atom. The lowest BCUT2D eigenvalue weighted by Gasteiger charge is -2.29. The van der Waals surface area contributed by atoms with Crippen LogP contribution in [0.1, 0.15) is 30.4 Å². The average molecular weight is 362 g/mol. The molecule has 27 heavy (non-hydrogen) atoms. The van der Waals surface area contributed by atoms with Gasteiger partial charge in [-0.2, -0.15) is 0 Å². The summed E-state index contributed by atoms with van der Waals surface area (Å²) in [7, 11) is 0. The van der Waals surface area contributed by atoms with Gasteiger partial charge in [0, 0.05) is 23.5 Å². The third-order valence-corrected chi connectivity index (χ3v) is 5.35. The van der Waals surface area contributed by atoms with Gasteiger partial charge in [-0.05, 0) is 35.4 Å². The molecule has 0 saturated carbocycles. The number of hydrogen-bond acceptors (Lipinski definition) is 2. The van der Waals surface area contributed by atoms with E-state index in [0.29, 0.717) is 6.42 Å². The van der Waals surface area contributed by atoms with E-state index in [1.807, 2.05) is 55.6 Å². The van der Waals surface area contributed by atoms with Gasteiger partial charge >= 0.3 is 0 Å². The molecule has 5 nitrogen and oxygen atoms in total. The standard InChI is InChI=1S/C22H26N4O/c1-14(16(12-20(23)24)11-15-7-3-2-4-8-15)21(22(25)27)18-13-26-19-10-6-5-9-17(18)19/h2-10,13-14,16,21,26H,11-12H2,1H3,(H3,23,24)(H2,25,27). The zero-order chi connectivity index (χ0) is 19.4. The summed E-state index contributed by atoms with van der Waals surface area (Å²) >= 11 is 0. The van der Waals surface area contributed by atoms with Crippen LogP contribution in [0.15, 0.2) is 60.8 Å². The molecular weight excluding hydrogens is 336 g/mol. The summed E-state index contributed by atoms with van der Waals surface area (Å²) in [5.41, 5.74) is 14.6. The van der Waals surface area contributed by atoms with E-state index in [9.17, 15) is 4.79 Å². The van der Waals surface area contributed by atoms with Gasteiger partial charge in [0.05, 0.1) is 11.8 Å². The number of hydrogen-bond donors (Lipinski definition) is 4. The van der Waals surface area contributed by atoms with Gasteiger partial charge in [-0.3, -0.25) is 10.2 Å². The highest BCUT2D eigenvalue weighted by atomic mass is 16.1. The van der Waals surface area contributed by atoms with Crippen LogP contribution < -0.4 is 11.5 Å². The quantitative estimate of drug-likeness (QED) is 0.363. The Morgan fingerprint density at radius 1 is 1.07 bits per heavy atom. The number of rotatable bonds is 8. The van der Waals surface area contributed by atoms with Gasteiger partial charge in [-0.25, -0.2) is 0 Å². The van der Waals surface area contributed by atoms with E-state index in [2.05, 4.69) is 17.1 Å². The number of benzene rings is 2. The second kappa shape index (κ2) is 8.08. The molecule has 0 saturated heterocycles. The summed E-state index contributed by atoms with van der Waals surface area (Å²) in [5.74, 6) is -0.699. The summed E-state index contributed by atoms with van der Waals surface area (Å²) < 4.78 is 0. The number of H-pyrrole nitrogens is 1. The molecule has 0 bridgehead atoms. The number of amidine groups is 1. The van der Waals surface area contributed by atoms with Gasteiger partial charge in [0.15, 0.2) is 0 Å². The van der Waals surface area contributed by atoms with Gasteiger partial charge in [0.25, 0.3) is 0 Å². The number of para-hydroxylation sites is 1. The Balaban J connectivity index is 1.96. The second-order valence-corrected chi connectivity index (χ2v) is 7.21. The van der Waals surface area contributed by atoms with E-state index < -0.39 is 5.92 Å². The number of amides is 1. The van der Waals surface area contributed by atoms with Crippen molar-refractivity contribution < 1.29 is 4.79 Å². The molecule has 0 radical (unpaired) electrons. The molecule has 0 aliphatic rings. The highest BCUT2D eigenvalue weighted by Gasteiger charge is 2.33. The maximum atomic E-state index is 12.4. The number of carbonyl (C=O) groups excluding carboxylic acids is 1. The molecule has 1 aromatic heterocycles. The van der Waals surface area contributed by atoms with E-state index in [0.717, 1.165) is 28.5 Å². The molecular formula is C22H26N4O. The molecule has 0 fully saturated rings. The van der Waals surface area contributed by atoms with Gasteiger partial charge in [0.1, 0.15) is 0 Å². The van der Waals surface area contributed by atoms with Crippen molar-refractivity contribution in [2.45, 2.75) is 25.7 Å². The van der Waals surface area contributed by atoms with Crippen LogP contribution in [0, 0.1) is 17.2 Å². The predicted molar refractivity (Wildman–Crippen MR) is 110 cm³/mol. The first-order valence-corrected chi connectivity index (χ1v) is 9.19. The molecule has 3 atom stereocenters. The Labute approximate surface area is 159 Å². The molecule has 5 heteroatoms. The normalized spacial score (nSPS) is 14.6. The molecule has 3 unspecified atom stereocenters. The third kappa shape index (κ3) is 4.19. The van der Waals surface area contributed by atoms with E-state index in [1.165, 1.54) is 0 Å². The maximum absolute atomic E-state index is 12.4. The zero-order valence-electron chi connectivity index (χ0n) is 15.5. The first kappa shape index (κ1) is 18.7. The zero-order valence-corrected chi connectivity index (χ0v) is 15.5. The van der Waals surface area contributed by atoms with Crippen LogP contribution >= 0.6 is 0 Å². The van der Waals surface area contributed by atoms with Crippen molar-refractivity contribution in [3.8, 4) is 0 Å². The topological polar surface area (TPSA) is 109 Å². The predicted octanol–water partition coefficient (Wildman–Crippen LogP) is 3.56. The van der Waals surface area contributed by atoms with Crippen LogP contribution in [0.2, 0.25) is 0 Å². The Bertz CT molecular complexity index is 932. The molecule has 140 valence electrons. The summed E-state index contributed by atoms with van der Waals surface area (Å²) in [6.07, 6.45) is 3.06.